The summed E-state index contributed by atoms with van der Waals surface area (Å²) in [5, 5.41) is 8.82. The Bertz CT molecular complexity index is 340. The van der Waals surface area contributed by atoms with Crippen LogP contribution in [0, 0.1) is 0 Å². The number of benzene rings is 1. The number of ether oxygens (including phenoxy) is 1. The van der Waals surface area contributed by atoms with Gasteiger partial charge < -0.3 is 9.84 Å². The lowest BCUT2D eigenvalue weighted by atomic mass is 9.97. The maximum absolute atomic E-state index is 10.7. The van der Waals surface area contributed by atoms with E-state index in [-0.39, 0.29) is 0 Å². The third-order valence-electron chi connectivity index (χ3n) is 2.53. The highest BCUT2D eigenvalue weighted by Gasteiger charge is 2.18. The lowest BCUT2D eigenvalue weighted by Gasteiger charge is -2.07. The van der Waals surface area contributed by atoms with Gasteiger partial charge in [0.05, 0.1) is 12.2 Å². The van der Waals surface area contributed by atoms with Gasteiger partial charge in [-0.1, -0.05) is 12.1 Å². The molecule has 0 radical (unpaired) electrons. The van der Waals surface area contributed by atoms with Crippen LogP contribution in [0.5, 0.6) is 0 Å². The Hall–Kier alpha value is -1.35. The van der Waals surface area contributed by atoms with Crippen molar-refractivity contribution in [3.8, 4) is 0 Å². The number of aromatic carboxylic acids is 1. The van der Waals surface area contributed by atoms with Gasteiger partial charge in [-0.15, -0.1) is 0 Å². The molecule has 74 valence electrons. The first-order valence-corrected chi connectivity index (χ1v) is 4.68. The van der Waals surface area contributed by atoms with Crippen LogP contribution in [-0.4, -0.2) is 24.3 Å². The van der Waals surface area contributed by atoms with Gasteiger partial charge in [0.1, 0.15) is 0 Å². The fraction of sp³-hybridized carbons (Fsp3) is 0.364. The summed E-state index contributed by atoms with van der Waals surface area (Å²) in [5.41, 5.74) is 1.43. The lowest BCUT2D eigenvalue weighted by molar-refractivity contribution is 0.0696. The number of hydrogen-bond donors (Lipinski definition) is 1. The Morgan fingerprint density at radius 1 is 1.50 bits per heavy atom. The van der Waals surface area contributed by atoms with Gasteiger partial charge in [-0.05, 0) is 24.1 Å². The Balaban J connectivity index is 2.25. The molecule has 1 aromatic carbocycles. The third kappa shape index (κ3) is 1.77. The van der Waals surface area contributed by atoms with E-state index in [4.69, 9.17) is 9.84 Å². The average Bonchev–Trinajstić information content (AvgIpc) is 2.71. The van der Waals surface area contributed by atoms with Crippen LogP contribution in [0.4, 0.5) is 0 Å². The fourth-order valence-electron chi connectivity index (χ4n) is 1.72. The van der Waals surface area contributed by atoms with E-state index in [0.29, 0.717) is 18.1 Å². The van der Waals surface area contributed by atoms with Crippen molar-refractivity contribution in [2.45, 2.75) is 12.3 Å². The molecule has 0 spiro atoms. The van der Waals surface area contributed by atoms with Crippen LogP contribution in [0.25, 0.3) is 0 Å². The van der Waals surface area contributed by atoms with Crippen molar-refractivity contribution in [3.05, 3.63) is 35.4 Å². The van der Waals surface area contributed by atoms with E-state index in [0.717, 1.165) is 18.6 Å². The molecule has 1 saturated heterocycles. The van der Waals surface area contributed by atoms with Crippen molar-refractivity contribution >= 4 is 5.97 Å². The summed E-state index contributed by atoms with van der Waals surface area (Å²) in [6.45, 7) is 1.49. The maximum Gasteiger partial charge on any atom is 0.335 e. The van der Waals surface area contributed by atoms with Crippen molar-refractivity contribution in [2.24, 2.45) is 0 Å². The second-order valence-electron chi connectivity index (χ2n) is 3.49. The molecule has 1 aliphatic rings. The molecule has 0 saturated carbocycles. The standard InChI is InChI=1S/C11H12O3/c12-11(13)9-3-1-2-8(6-9)10-4-5-14-7-10/h1-3,6,10H,4-5,7H2,(H,12,13)/t10-/m0/s1. The van der Waals surface area contributed by atoms with Crippen LogP contribution in [0.2, 0.25) is 0 Å². The van der Waals surface area contributed by atoms with Crippen LogP contribution in [0.1, 0.15) is 28.3 Å². The normalized spacial score (nSPS) is 21.0. The zero-order valence-electron chi connectivity index (χ0n) is 7.77. The summed E-state index contributed by atoms with van der Waals surface area (Å²) in [6.07, 6.45) is 0.989. The SMILES string of the molecule is O=C(O)c1cccc([C@H]2CCOC2)c1. The minimum absolute atomic E-state index is 0.356. The van der Waals surface area contributed by atoms with Gasteiger partial charge in [0.15, 0.2) is 0 Å². The highest BCUT2D eigenvalue weighted by Crippen LogP contribution is 2.25. The molecule has 0 bridgehead atoms. The fourth-order valence-corrected chi connectivity index (χ4v) is 1.72. The highest BCUT2D eigenvalue weighted by molar-refractivity contribution is 5.87. The number of carboxylic acids is 1. The molecule has 0 unspecified atom stereocenters. The van der Waals surface area contributed by atoms with Crippen molar-refractivity contribution in [1.29, 1.82) is 0 Å². The quantitative estimate of drug-likeness (QED) is 0.778. The lowest BCUT2D eigenvalue weighted by Crippen LogP contribution is -2.01. The zero-order valence-corrected chi connectivity index (χ0v) is 7.77. The molecule has 0 aromatic heterocycles. The molecule has 1 N–H and O–H groups in total. The minimum atomic E-state index is -0.870. The molecule has 1 fully saturated rings. The third-order valence-corrected chi connectivity index (χ3v) is 2.53. The van der Waals surface area contributed by atoms with Gasteiger partial charge in [-0.2, -0.15) is 0 Å². The second-order valence-corrected chi connectivity index (χ2v) is 3.49. The van der Waals surface area contributed by atoms with E-state index in [1.807, 2.05) is 6.07 Å². The van der Waals surface area contributed by atoms with E-state index >= 15 is 0 Å². The molecular weight excluding hydrogens is 180 g/mol. The maximum atomic E-state index is 10.7. The summed E-state index contributed by atoms with van der Waals surface area (Å²) < 4.78 is 5.26. The van der Waals surface area contributed by atoms with E-state index in [2.05, 4.69) is 0 Å². The summed E-state index contributed by atoms with van der Waals surface area (Å²) in [4.78, 5) is 10.7. The van der Waals surface area contributed by atoms with Crippen LogP contribution < -0.4 is 0 Å². The molecule has 0 aliphatic carbocycles. The number of rotatable bonds is 2. The minimum Gasteiger partial charge on any atom is -0.478 e. The highest BCUT2D eigenvalue weighted by atomic mass is 16.5. The molecule has 1 heterocycles. The van der Waals surface area contributed by atoms with Gasteiger partial charge >= 0.3 is 5.97 Å². The predicted molar refractivity (Wildman–Crippen MR) is 51.6 cm³/mol. The summed E-state index contributed by atoms with van der Waals surface area (Å²) in [5.74, 6) is -0.500. The zero-order chi connectivity index (χ0) is 9.97. The first-order chi connectivity index (χ1) is 6.77. The molecule has 1 aliphatic heterocycles. The summed E-state index contributed by atoms with van der Waals surface area (Å²) in [6, 6.07) is 7.10. The molecule has 3 heteroatoms. The van der Waals surface area contributed by atoms with Gasteiger partial charge in [-0.25, -0.2) is 4.79 Å². The largest absolute Gasteiger partial charge is 0.478 e. The van der Waals surface area contributed by atoms with E-state index in [1.165, 1.54) is 0 Å². The van der Waals surface area contributed by atoms with Crippen LogP contribution >= 0.6 is 0 Å². The first-order valence-electron chi connectivity index (χ1n) is 4.68. The number of hydrogen-bond acceptors (Lipinski definition) is 2. The Morgan fingerprint density at radius 3 is 3.00 bits per heavy atom. The van der Waals surface area contributed by atoms with Crippen molar-refractivity contribution in [1.82, 2.24) is 0 Å². The van der Waals surface area contributed by atoms with Crippen molar-refractivity contribution in [2.75, 3.05) is 13.2 Å². The van der Waals surface area contributed by atoms with Crippen LogP contribution in [0.3, 0.4) is 0 Å². The molecule has 3 nitrogen and oxygen atoms in total. The van der Waals surface area contributed by atoms with Gasteiger partial charge in [0.2, 0.25) is 0 Å². The second kappa shape index (κ2) is 3.80. The molecular formula is C11H12O3. The predicted octanol–water partition coefficient (Wildman–Crippen LogP) is 1.89. The molecule has 0 amide bonds. The monoisotopic (exact) mass is 192 g/mol. The van der Waals surface area contributed by atoms with E-state index in [1.54, 1.807) is 18.2 Å². The summed E-state index contributed by atoms with van der Waals surface area (Å²) in [7, 11) is 0. The Kier molecular flexibility index (Phi) is 2.50. The summed E-state index contributed by atoms with van der Waals surface area (Å²) >= 11 is 0. The van der Waals surface area contributed by atoms with Gasteiger partial charge in [0, 0.05) is 12.5 Å². The first kappa shape index (κ1) is 9.21. The average molecular weight is 192 g/mol. The van der Waals surface area contributed by atoms with Crippen molar-refractivity contribution in [3.63, 3.8) is 0 Å². The molecule has 1 aromatic rings. The Labute approximate surface area is 82.3 Å². The van der Waals surface area contributed by atoms with Crippen LogP contribution in [0.15, 0.2) is 24.3 Å². The van der Waals surface area contributed by atoms with Crippen LogP contribution in [-0.2, 0) is 4.74 Å². The van der Waals surface area contributed by atoms with E-state index < -0.39 is 5.97 Å². The van der Waals surface area contributed by atoms with Gasteiger partial charge in [-0.3, -0.25) is 0 Å². The van der Waals surface area contributed by atoms with Crippen molar-refractivity contribution < 1.29 is 14.6 Å². The number of carboxylic acid groups (broad SMARTS) is 1. The smallest absolute Gasteiger partial charge is 0.335 e. The molecule has 1 atom stereocenters. The molecule has 2 rings (SSSR count). The topological polar surface area (TPSA) is 46.5 Å². The Morgan fingerprint density at radius 2 is 2.36 bits per heavy atom. The van der Waals surface area contributed by atoms with Gasteiger partial charge in [0.25, 0.3) is 0 Å². The molecule has 14 heavy (non-hydrogen) atoms. The van der Waals surface area contributed by atoms with E-state index in [9.17, 15) is 4.79 Å². The number of carbonyl (C=O) groups is 1.